The number of alkyl carbamates (subject to hydrolysis) is 1. The number of carboxylic acid groups (broad SMARTS) is 1. The van der Waals surface area contributed by atoms with Gasteiger partial charge in [-0.3, -0.25) is 4.79 Å². The van der Waals surface area contributed by atoms with E-state index in [2.05, 4.69) is 34.9 Å². The minimum Gasteiger partial charge on any atom is -0.480 e. The van der Waals surface area contributed by atoms with E-state index in [-0.39, 0.29) is 24.5 Å². The largest absolute Gasteiger partial charge is 0.480 e. The SMILES string of the molecule is CCC[C@@H](NC(=O)[C@@H]1CCCC[C@@H]1NC(=O)OCC1c2ccccc2-c2ccccc21)C(=O)O. The lowest BCUT2D eigenvalue weighted by Crippen LogP contribution is -2.51. The zero-order valence-corrected chi connectivity index (χ0v) is 19.5. The number of benzene rings is 2. The Morgan fingerprint density at radius 3 is 2.24 bits per heavy atom. The Hall–Kier alpha value is -3.35. The molecule has 0 radical (unpaired) electrons. The number of carbonyl (C=O) groups is 3. The zero-order chi connectivity index (χ0) is 24.1. The van der Waals surface area contributed by atoms with Crippen LogP contribution >= 0.6 is 0 Å². The van der Waals surface area contributed by atoms with E-state index in [1.165, 1.54) is 0 Å². The van der Waals surface area contributed by atoms with Crippen molar-refractivity contribution in [3.8, 4) is 11.1 Å². The van der Waals surface area contributed by atoms with Gasteiger partial charge in [0.05, 0.1) is 5.92 Å². The molecule has 0 unspecified atom stereocenters. The van der Waals surface area contributed by atoms with E-state index in [1.54, 1.807) is 0 Å². The molecule has 0 aromatic heterocycles. The lowest BCUT2D eigenvalue weighted by atomic mass is 9.83. The Kier molecular flexibility index (Phi) is 7.50. The second-order valence-electron chi connectivity index (χ2n) is 9.16. The van der Waals surface area contributed by atoms with Crippen LogP contribution in [0.5, 0.6) is 0 Å². The van der Waals surface area contributed by atoms with Crippen molar-refractivity contribution in [1.82, 2.24) is 10.6 Å². The average molecular weight is 465 g/mol. The summed E-state index contributed by atoms with van der Waals surface area (Å²) in [5.74, 6) is -1.85. The van der Waals surface area contributed by atoms with E-state index < -0.39 is 24.0 Å². The van der Waals surface area contributed by atoms with Gasteiger partial charge in [0, 0.05) is 12.0 Å². The van der Waals surface area contributed by atoms with Crippen LogP contribution in [0.3, 0.4) is 0 Å². The molecule has 4 rings (SSSR count). The minimum atomic E-state index is -1.04. The van der Waals surface area contributed by atoms with Crippen LogP contribution in [-0.2, 0) is 14.3 Å². The molecule has 2 aliphatic carbocycles. The summed E-state index contributed by atoms with van der Waals surface area (Å²) in [4.78, 5) is 37.0. The number of hydrogen-bond acceptors (Lipinski definition) is 4. The predicted molar refractivity (Wildman–Crippen MR) is 128 cm³/mol. The topological polar surface area (TPSA) is 105 Å². The second-order valence-corrected chi connectivity index (χ2v) is 9.16. The minimum absolute atomic E-state index is 0.0334. The van der Waals surface area contributed by atoms with Crippen LogP contribution in [0.2, 0.25) is 0 Å². The van der Waals surface area contributed by atoms with Crippen molar-refractivity contribution in [2.75, 3.05) is 6.61 Å². The Balaban J connectivity index is 1.38. The normalized spacial score (nSPS) is 20.0. The molecular weight excluding hydrogens is 432 g/mol. The smallest absolute Gasteiger partial charge is 0.407 e. The van der Waals surface area contributed by atoms with Crippen LogP contribution in [0.25, 0.3) is 11.1 Å². The first-order valence-corrected chi connectivity index (χ1v) is 12.1. The molecule has 0 bridgehead atoms. The maximum atomic E-state index is 12.9. The summed E-state index contributed by atoms with van der Waals surface area (Å²) in [5, 5.41) is 14.9. The van der Waals surface area contributed by atoms with Gasteiger partial charge < -0.3 is 20.5 Å². The third-order valence-electron chi connectivity index (χ3n) is 6.94. The molecular formula is C27H32N2O5. The maximum absolute atomic E-state index is 12.9. The number of carboxylic acids is 1. The lowest BCUT2D eigenvalue weighted by Gasteiger charge is -2.31. The zero-order valence-electron chi connectivity index (χ0n) is 19.5. The highest BCUT2D eigenvalue weighted by Gasteiger charge is 2.35. The fraction of sp³-hybridized carbons (Fsp3) is 0.444. The van der Waals surface area contributed by atoms with Crippen molar-refractivity contribution in [3.05, 3.63) is 59.7 Å². The van der Waals surface area contributed by atoms with Gasteiger partial charge in [-0.25, -0.2) is 9.59 Å². The standard InChI is InChI=1S/C27H32N2O5/c1-2-9-24(26(31)32)28-25(30)21-14-7-8-15-23(21)29-27(33)34-16-22-19-12-5-3-10-17(19)18-11-4-6-13-20(18)22/h3-6,10-13,21-24H,2,7-9,14-16H2,1H3,(H,28,30)(H,29,33)(H,31,32)/t21-,23+,24-/m1/s1. The van der Waals surface area contributed by atoms with Gasteiger partial charge in [-0.05, 0) is 41.5 Å². The monoisotopic (exact) mass is 464 g/mol. The van der Waals surface area contributed by atoms with E-state index in [0.29, 0.717) is 25.7 Å². The number of carbonyl (C=O) groups excluding carboxylic acids is 2. The molecule has 3 atom stereocenters. The Bertz CT molecular complexity index is 1010. The number of aliphatic carboxylic acids is 1. The van der Waals surface area contributed by atoms with Gasteiger partial charge >= 0.3 is 12.1 Å². The summed E-state index contributed by atoms with van der Waals surface area (Å²) in [6.45, 7) is 2.09. The van der Waals surface area contributed by atoms with E-state index in [4.69, 9.17) is 4.74 Å². The van der Waals surface area contributed by atoms with Crippen LogP contribution in [0, 0.1) is 5.92 Å². The van der Waals surface area contributed by atoms with Gasteiger partial charge in [-0.2, -0.15) is 0 Å². The van der Waals surface area contributed by atoms with Crippen molar-refractivity contribution >= 4 is 18.0 Å². The summed E-state index contributed by atoms with van der Waals surface area (Å²) in [6, 6.07) is 15.0. The number of fused-ring (bicyclic) bond motifs is 3. The van der Waals surface area contributed by atoms with Crippen molar-refractivity contribution in [2.24, 2.45) is 5.92 Å². The van der Waals surface area contributed by atoms with Crippen LogP contribution < -0.4 is 10.6 Å². The first-order chi connectivity index (χ1) is 16.5. The number of hydrogen-bond donors (Lipinski definition) is 3. The Labute approximate surface area is 199 Å². The summed E-state index contributed by atoms with van der Waals surface area (Å²) >= 11 is 0. The molecule has 7 heteroatoms. The molecule has 0 spiro atoms. The van der Waals surface area contributed by atoms with Gasteiger partial charge in [-0.15, -0.1) is 0 Å². The molecule has 0 aliphatic heterocycles. The molecule has 2 amide bonds. The van der Waals surface area contributed by atoms with Crippen LogP contribution in [0.15, 0.2) is 48.5 Å². The van der Waals surface area contributed by atoms with E-state index >= 15 is 0 Å². The van der Waals surface area contributed by atoms with Gasteiger partial charge in [-0.1, -0.05) is 74.7 Å². The van der Waals surface area contributed by atoms with Gasteiger partial charge in [0.1, 0.15) is 12.6 Å². The van der Waals surface area contributed by atoms with E-state index in [0.717, 1.165) is 35.1 Å². The molecule has 2 aliphatic rings. The van der Waals surface area contributed by atoms with E-state index in [1.807, 2.05) is 31.2 Å². The highest BCUT2D eigenvalue weighted by molar-refractivity contribution is 5.86. The Morgan fingerprint density at radius 1 is 1.00 bits per heavy atom. The maximum Gasteiger partial charge on any atom is 0.407 e. The number of amides is 2. The van der Waals surface area contributed by atoms with Crippen LogP contribution in [-0.4, -0.2) is 41.8 Å². The van der Waals surface area contributed by atoms with Crippen molar-refractivity contribution in [2.45, 2.75) is 63.5 Å². The lowest BCUT2D eigenvalue weighted by molar-refractivity contribution is -0.143. The molecule has 2 aromatic carbocycles. The third-order valence-corrected chi connectivity index (χ3v) is 6.94. The summed E-state index contributed by atoms with van der Waals surface area (Å²) in [5.41, 5.74) is 4.61. The fourth-order valence-electron chi connectivity index (χ4n) is 5.23. The van der Waals surface area contributed by atoms with E-state index in [9.17, 15) is 19.5 Å². The number of rotatable bonds is 8. The summed E-state index contributed by atoms with van der Waals surface area (Å²) < 4.78 is 5.65. The molecule has 0 saturated heterocycles. The van der Waals surface area contributed by atoms with Crippen molar-refractivity contribution < 1.29 is 24.2 Å². The van der Waals surface area contributed by atoms with Crippen LogP contribution in [0.4, 0.5) is 4.79 Å². The molecule has 1 saturated carbocycles. The van der Waals surface area contributed by atoms with Gasteiger partial charge in [0.15, 0.2) is 0 Å². The first-order valence-electron chi connectivity index (χ1n) is 12.1. The number of nitrogens with one attached hydrogen (secondary N) is 2. The predicted octanol–water partition coefficient (Wildman–Crippen LogP) is 4.45. The average Bonchev–Trinajstić information content (AvgIpc) is 3.16. The molecule has 180 valence electrons. The molecule has 0 heterocycles. The molecule has 1 fully saturated rings. The molecule has 7 nitrogen and oxygen atoms in total. The second kappa shape index (κ2) is 10.7. The summed E-state index contributed by atoms with van der Waals surface area (Å²) in [7, 11) is 0. The van der Waals surface area contributed by atoms with Crippen molar-refractivity contribution in [1.29, 1.82) is 0 Å². The molecule has 3 N–H and O–H groups in total. The molecule has 2 aromatic rings. The highest BCUT2D eigenvalue weighted by Crippen LogP contribution is 2.44. The van der Waals surface area contributed by atoms with Crippen molar-refractivity contribution in [3.63, 3.8) is 0 Å². The van der Waals surface area contributed by atoms with Gasteiger partial charge in [0.25, 0.3) is 0 Å². The quantitative estimate of drug-likeness (QED) is 0.535. The Morgan fingerprint density at radius 2 is 1.62 bits per heavy atom. The highest BCUT2D eigenvalue weighted by atomic mass is 16.5. The third kappa shape index (κ3) is 5.08. The summed E-state index contributed by atoms with van der Waals surface area (Å²) in [6.07, 6.45) is 3.52. The molecule has 34 heavy (non-hydrogen) atoms. The first kappa shape index (κ1) is 23.8. The van der Waals surface area contributed by atoms with Crippen LogP contribution in [0.1, 0.15) is 62.5 Å². The van der Waals surface area contributed by atoms with Gasteiger partial charge in [0.2, 0.25) is 5.91 Å². The number of ether oxygens (including phenoxy) is 1. The fourth-order valence-corrected chi connectivity index (χ4v) is 5.23.